The molecule has 0 aromatic heterocycles. The molecule has 0 amide bonds. The Morgan fingerprint density at radius 1 is 1.16 bits per heavy atom. The number of rotatable bonds is 5. The summed E-state index contributed by atoms with van der Waals surface area (Å²) in [5.41, 5.74) is 8.07. The Labute approximate surface area is 165 Å². The number of anilines is 1. The van der Waals surface area contributed by atoms with Gasteiger partial charge in [-0.15, -0.1) is 24.0 Å². The average molecular weight is 453 g/mol. The summed E-state index contributed by atoms with van der Waals surface area (Å²) < 4.78 is 10.7. The molecular formula is C19H24IN3O2. The van der Waals surface area contributed by atoms with Crippen molar-refractivity contribution in [3.8, 4) is 11.5 Å². The van der Waals surface area contributed by atoms with Crippen molar-refractivity contribution in [2.24, 2.45) is 10.7 Å². The third-order valence-corrected chi connectivity index (χ3v) is 4.55. The van der Waals surface area contributed by atoms with E-state index in [-0.39, 0.29) is 35.4 Å². The fourth-order valence-electron chi connectivity index (χ4n) is 2.99. The quantitative estimate of drug-likeness (QED) is 0.411. The molecule has 0 bridgehead atoms. The number of halogens is 1. The summed E-state index contributed by atoms with van der Waals surface area (Å²) in [7, 11) is 3.33. The molecule has 3 rings (SSSR count). The second kappa shape index (κ2) is 7.95. The molecule has 0 saturated heterocycles. The Bertz CT molecular complexity index is 766. The maximum atomic E-state index is 6.07. The van der Waals surface area contributed by atoms with E-state index in [0.29, 0.717) is 5.96 Å². The molecule has 1 aliphatic rings. The minimum Gasteiger partial charge on any atom is -0.497 e. The lowest BCUT2D eigenvalue weighted by molar-refractivity contribution is 0.405. The molecule has 0 radical (unpaired) electrons. The van der Waals surface area contributed by atoms with Gasteiger partial charge in [0.1, 0.15) is 11.5 Å². The van der Waals surface area contributed by atoms with E-state index < -0.39 is 0 Å². The van der Waals surface area contributed by atoms with Crippen molar-refractivity contribution in [3.63, 3.8) is 0 Å². The largest absolute Gasteiger partial charge is 0.497 e. The molecule has 5 nitrogen and oxygen atoms in total. The van der Waals surface area contributed by atoms with Gasteiger partial charge in [-0.25, -0.2) is 4.99 Å². The molecule has 6 heteroatoms. The van der Waals surface area contributed by atoms with Crippen LogP contribution < -0.4 is 20.5 Å². The first-order valence-corrected chi connectivity index (χ1v) is 7.94. The van der Waals surface area contributed by atoms with Gasteiger partial charge in [0, 0.05) is 22.7 Å². The van der Waals surface area contributed by atoms with Gasteiger partial charge < -0.3 is 20.5 Å². The number of nitrogens with zero attached hydrogens (tertiary/aromatic N) is 1. The molecular weight excluding hydrogens is 429 g/mol. The molecule has 25 heavy (non-hydrogen) atoms. The maximum Gasteiger partial charge on any atom is 0.193 e. The lowest BCUT2D eigenvalue weighted by Gasteiger charge is -2.15. The zero-order valence-electron chi connectivity index (χ0n) is 14.7. The van der Waals surface area contributed by atoms with Crippen molar-refractivity contribution in [1.29, 1.82) is 0 Å². The summed E-state index contributed by atoms with van der Waals surface area (Å²) in [5.74, 6) is 2.09. The SMILES string of the molecule is COc1cccc(NC(N)=NC2CC2(C)c2ccccc2OC)c1.I. The Hall–Kier alpha value is -1.96. The number of methoxy groups -OCH3 is 2. The highest BCUT2D eigenvalue weighted by molar-refractivity contribution is 14.0. The van der Waals surface area contributed by atoms with Crippen LogP contribution in [0.4, 0.5) is 5.69 Å². The van der Waals surface area contributed by atoms with Crippen LogP contribution in [0.5, 0.6) is 11.5 Å². The third-order valence-electron chi connectivity index (χ3n) is 4.55. The topological polar surface area (TPSA) is 68.9 Å². The fourth-order valence-corrected chi connectivity index (χ4v) is 2.99. The molecule has 0 aliphatic heterocycles. The Morgan fingerprint density at radius 2 is 1.92 bits per heavy atom. The molecule has 1 aliphatic carbocycles. The van der Waals surface area contributed by atoms with Gasteiger partial charge in [-0.1, -0.05) is 31.2 Å². The lowest BCUT2D eigenvalue weighted by atomic mass is 9.96. The molecule has 2 atom stereocenters. The van der Waals surface area contributed by atoms with Crippen molar-refractivity contribution in [2.75, 3.05) is 19.5 Å². The van der Waals surface area contributed by atoms with Crippen molar-refractivity contribution < 1.29 is 9.47 Å². The van der Waals surface area contributed by atoms with Crippen molar-refractivity contribution >= 4 is 35.6 Å². The van der Waals surface area contributed by atoms with Crippen molar-refractivity contribution in [3.05, 3.63) is 54.1 Å². The molecule has 0 heterocycles. The fraction of sp³-hybridized carbons (Fsp3) is 0.316. The molecule has 2 aromatic carbocycles. The highest BCUT2D eigenvalue weighted by Crippen LogP contribution is 2.52. The number of hydrogen-bond acceptors (Lipinski definition) is 3. The van der Waals surface area contributed by atoms with E-state index in [0.717, 1.165) is 23.6 Å². The highest BCUT2D eigenvalue weighted by atomic mass is 127. The van der Waals surface area contributed by atoms with Crippen LogP contribution >= 0.6 is 24.0 Å². The molecule has 1 fully saturated rings. The van der Waals surface area contributed by atoms with Gasteiger partial charge >= 0.3 is 0 Å². The number of ether oxygens (including phenoxy) is 2. The normalized spacial score (nSPS) is 21.9. The monoisotopic (exact) mass is 453 g/mol. The lowest BCUT2D eigenvalue weighted by Crippen LogP contribution is -2.24. The van der Waals surface area contributed by atoms with E-state index in [1.54, 1.807) is 14.2 Å². The molecule has 134 valence electrons. The van der Waals surface area contributed by atoms with Crippen LogP contribution in [0.2, 0.25) is 0 Å². The summed E-state index contributed by atoms with van der Waals surface area (Å²) in [5, 5.41) is 3.12. The van der Waals surface area contributed by atoms with Crippen LogP contribution in [0.25, 0.3) is 0 Å². The first-order chi connectivity index (χ1) is 11.6. The third kappa shape index (κ3) is 4.18. The summed E-state index contributed by atoms with van der Waals surface area (Å²) in [6.07, 6.45) is 0.952. The smallest absolute Gasteiger partial charge is 0.193 e. The minimum atomic E-state index is -0.0344. The van der Waals surface area contributed by atoms with E-state index >= 15 is 0 Å². The van der Waals surface area contributed by atoms with Crippen LogP contribution in [0.15, 0.2) is 53.5 Å². The van der Waals surface area contributed by atoms with E-state index in [1.807, 2.05) is 42.5 Å². The van der Waals surface area contributed by atoms with E-state index in [4.69, 9.17) is 15.2 Å². The minimum absolute atomic E-state index is 0. The van der Waals surface area contributed by atoms with Gasteiger partial charge in [0.05, 0.1) is 20.3 Å². The zero-order chi connectivity index (χ0) is 17.2. The molecule has 3 N–H and O–H groups in total. The van der Waals surface area contributed by atoms with Crippen LogP contribution in [0, 0.1) is 0 Å². The van der Waals surface area contributed by atoms with Crippen LogP contribution in [-0.2, 0) is 5.41 Å². The Balaban J connectivity index is 0.00000225. The van der Waals surface area contributed by atoms with E-state index in [9.17, 15) is 0 Å². The molecule has 1 saturated carbocycles. The predicted octanol–water partition coefficient (Wildman–Crippen LogP) is 3.78. The summed E-state index contributed by atoms with van der Waals surface area (Å²) in [4.78, 5) is 4.63. The average Bonchev–Trinajstić information content (AvgIpc) is 3.25. The van der Waals surface area contributed by atoms with Crippen molar-refractivity contribution in [2.45, 2.75) is 24.8 Å². The van der Waals surface area contributed by atoms with Gasteiger partial charge in [0.15, 0.2) is 5.96 Å². The van der Waals surface area contributed by atoms with Gasteiger partial charge in [-0.05, 0) is 24.6 Å². The predicted molar refractivity (Wildman–Crippen MR) is 112 cm³/mol. The maximum absolute atomic E-state index is 6.07. The number of para-hydroxylation sites is 1. The van der Waals surface area contributed by atoms with E-state index in [1.165, 1.54) is 5.56 Å². The summed E-state index contributed by atoms with van der Waals surface area (Å²) in [6.45, 7) is 2.19. The first kappa shape index (κ1) is 19.4. The summed E-state index contributed by atoms with van der Waals surface area (Å²) in [6, 6.07) is 15.8. The Kier molecular flexibility index (Phi) is 6.16. The van der Waals surface area contributed by atoms with Gasteiger partial charge in [0.25, 0.3) is 0 Å². The van der Waals surface area contributed by atoms with Crippen LogP contribution in [-0.4, -0.2) is 26.2 Å². The van der Waals surface area contributed by atoms with Gasteiger partial charge in [-0.2, -0.15) is 0 Å². The van der Waals surface area contributed by atoms with Crippen LogP contribution in [0.3, 0.4) is 0 Å². The van der Waals surface area contributed by atoms with Gasteiger partial charge in [0.2, 0.25) is 0 Å². The number of benzene rings is 2. The van der Waals surface area contributed by atoms with Crippen molar-refractivity contribution in [1.82, 2.24) is 0 Å². The number of guanidine groups is 1. The summed E-state index contributed by atoms with van der Waals surface area (Å²) >= 11 is 0. The number of hydrogen-bond donors (Lipinski definition) is 2. The number of nitrogens with one attached hydrogen (secondary N) is 1. The van der Waals surface area contributed by atoms with Crippen LogP contribution in [0.1, 0.15) is 18.9 Å². The molecule has 2 aromatic rings. The highest BCUT2D eigenvalue weighted by Gasteiger charge is 2.53. The first-order valence-electron chi connectivity index (χ1n) is 7.94. The second-order valence-corrected chi connectivity index (χ2v) is 6.21. The van der Waals surface area contributed by atoms with E-state index in [2.05, 4.69) is 23.3 Å². The standard InChI is InChI=1S/C19H23N3O2.HI/c1-19(15-9-4-5-10-16(15)24-3)12-17(19)22-18(20)21-13-7-6-8-14(11-13)23-2;/h4-11,17H,12H2,1-3H3,(H3,20,21,22);1H. The van der Waals surface area contributed by atoms with Gasteiger partial charge in [-0.3, -0.25) is 0 Å². The molecule has 0 spiro atoms. The second-order valence-electron chi connectivity index (χ2n) is 6.21. The zero-order valence-corrected chi connectivity index (χ0v) is 17.0. The Morgan fingerprint density at radius 3 is 2.64 bits per heavy atom. The number of nitrogens with two attached hydrogens (primary N) is 1. The molecule has 2 unspecified atom stereocenters. The number of aliphatic imine (C=N–C) groups is 1.